The van der Waals surface area contributed by atoms with Crippen LogP contribution in [0.5, 0.6) is 0 Å². The van der Waals surface area contributed by atoms with Crippen LogP contribution in [0.2, 0.25) is 0 Å². The first kappa shape index (κ1) is 49.1. The number of nitrogens with two attached hydrogens (primary N) is 2. The topological polar surface area (TPSA) is 175 Å². The molecular weight excluding hydrogens is 658 g/mol. The minimum atomic E-state index is -0.812. The van der Waals surface area contributed by atoms with Crippen molar-refractivity contribution in [3.63, 3.8) is 0 Å². The van der Waals surface area contributed by atoms with Gasteiger partial charge in [-0.25, -0.2) is 0 Å². The maximum absolute atomic E-state index is 13.0. The van der Waals surface area contributed by atoms with Crippen molar-refractivity contribution in [2.45, 2.75) is 194 Å². The van der Waals surface area contributed by atoms with Gasteiger partial charge in [0.2, 0.25) is 11.8 Å². The van der Waals surface area contributed by atoms with Gasteiger partial charge in [0.05, 0.1) is 25.0 Å². The lowest BCUT2D eigenvalue weighted by Crippen LogP contribution is -2.47. The molecular formula is C41H79N5O6. The number of esters is 2. The van der Waals surface area contributed by atoms with Crippen LogP contribution in [-0.4, -0.2) is 62.1 Å². The van der Waals surface area contributed by atoms with Crippen molar-refractivity contribution in [1.29, 1.82) is 0 Å². The van der Waals surface area contributed by atoms with Gasteiger partial charge in [-0.2, -0.15) is 0 Å². The van der Waals surface area contributed by atoms with Crippen LogP contribution in [-0.2, 0) is 28.7 Å². The normalized spacial score (nSPS) is 12.8. The molecule has 0 aliphatic heterocycles. The van der Waals surface area contributed by atoms with E-state index in [1.165, 1.54) is 44.9 Å². The summed E-state index contributed by atoms with van der Waals surface area (Å²) in [5.41, 5.74) is 10.9. The molecule has 0 heterocycles. The number of nitrogens with one attached hydrogen (secondary N) is 2. The van der Waals surface area contributed by atoms with E-state index in [0.29, 0.717) is 32.4 Å². The molecule has 2 unspecified atom stereocenters. The van der Waals surface area contributed by atoms with Crippen LogP contribution >= 0.6 is 0 Å². The van der Waals surface area contributed by atoms with Gasteiger partial charge >= 0.3 is 11.9 Å². The van der Waals surface area contributed by atoms with Crippen molar-refractivity contribution < 1.29 is 28.7 Å². The van der Waals surface area contributed by atoms with E-state index in [9.17, 15) is 19.2 Å². The third kappa shape index (κ3) is 28.7. The van der Waals surface area contributed by atoms with E-state index in [0.717, 1.165) is 83.5 Å². The van der Waals surface area contributed by atoms with Crippen molar-refractivity contribution in [2.75, 3.05) is 26.3 Å². The lowest BCUT2D eigenvalue weighted by Gasteiger charge is -2.19. The van der Waals surface area contributed by atoms with Crippen molar-refractivity contribution >= 4 is 29.7 Å². The average Bonchev–Trinajstić information content (AvgIpc) is 3.12. The molecule has 0 fully saturated rings. The number of nitrogens with zero attached hydrogens (tertiary/aromatic N) is 1. The number of amides is 2. The van der Waals surface area contributed by atoms with E-state index >= 15 is 0 Å². The molecule has 304 valence electrons. The van der Waals surface area contributed by atoms with E-state index in [1.54, 1.807) is 0 Å². The molecule has 11 nitrogen and oxygen atoms in total. The molecule has 0 bridgehead atoms. The fourth-order valence-electron chi connectivity index (χ4n) is 6.25. The number of hydrogen-bond donors (Lipinski definition) is 4. The quantitative estimate of drug-likeness (QED) is 0.0216. The van der Waals surface area contributed by atoms with Crippen LogP contribution < -0.4 is 22.1 Å². The largest absolute Gasteiger partial charge is 0.465 e. The number of hydrogen-bond acceptors (Lipinski definition) is 7. The summed E-state index contributed by atoms with van der Waals surface area (Å²) < 4.78 is 11.2. The maximum atomic E-state index is 13.0. The minimum Gasteiger partial charge on any atom is -0.465 e. The van der Waals surface area contributed by atoms with E-state index < -0.39 is 6.04 Å². The van der Waals surface area contributed by atoms with Crippen LogP contribution in [0, 0.1) is 11.8 Å². The van der Waals surface area contributed by atoms with E-state index in [1.807, 2.05) is 0 Å². The molecule has 0 aromatic heterocycles. The van der Waals surface area contributed by atoms with E-state index in [2.05, 4.69) is 43.3 Å². The van der Waals surface area contributed by atoms with Crippen LogP contribution in [0.15, 0.2) is 4.99 Å². The van der Waals surface area contributed by atoms with Gasteiger partial charge in [-0.3, -0.25) is 24.2 Å². The van der Waals surface area contributed by atoms with Crippen LogP contribution in [0.3, 0.4) is 0 Å². The zero-order valence-electron chi connectivity index (χ0n) is 33.8. The average molecular weight is 738 g/mol. The van der Waals surface area contributed by atoms with E-state index in [4.69, 9.17) is 20.9 Å². The van der Waals surface area contributed by atoms with Crippen LogP contribution in [0.4, 0.5) is 0 Å². The molecule has 0 aromatic carbocycles. The highest BCUT2D eigenvalue weighted by Crippen LogP contribution is 2.21. The Balaban J connectivity index is 4.73. The third-order valence-electron chi connectivity index (χ3n) is 9.56. The van der Waals surface area contributed by atoms with Gasteiger partial charge in [-0.1, -0.05) is 130 Å². The number of unbranched alkanes of at least 4 members (excludes halogenated alkanes) is 13. The Hall–Kier alpha value is -2.85. The highest BCUT2D eigenvalue weighted by atomic mass is 16.5. The molecule has 0 aliphatic carbocycles. The van der Waals surface area contributed by atoms with E-state index in [-0.39, 0.29) is 67.5 Å². The number of carbonyl (C=O) groups is 4. The van der Waals surface area contributed by atoms with Gasteiger partial charge in [-0.15, -0.1) is 0 Å². The fourth-order valence-corrected chi connectivity index (χ4v) is 6.25. The monoisotopic (exact) mass is 738 g/mol. The summed E-state index contributed by atoms with van der Waals surface area (Å²) in [6, 6.07) is -0.812. The molecule has 0 rings (SSSR count). The van der Waals surface area contributed by atoms with Crippen molar-refractivity contribution in [2.24, 2.45) is 28.3 Å². The van der Waals surface area contributed by atoms with Gasteiger partial charge in [0.1, 0.15) is 6.04 Å². The summed E-state index contributed by atoms with van der Waals surface area (Å²) >= 11 is 0. The summed E-state index contributed by atoms with van der Waals surface area (Å²) in [5.74, 6) is -1.10. The Morgan fingerprint density at radius 2 is 1.02 bits per heavy atom. The second kappa shape index (κ2) is 35.2. The van der Waals surface area contributed by atoms with Gasteiger partial charge in [0.15, 0.2) is 5.96 Å². The molecule has 0 spiro atoms. The standard InChI is InChI=1S/C41H79N5O6/c1-5-9-13-16-17-20-27-35(26-19-15-11-7-3)40(50)52-33-23-28-37(47)46-36(29-31-45-41(42)43)38(48)44-30-21-22-32-51-39(49)34(24-12-8-4)25-18-14-10-6-2/h34-36H,5-33H2,1-4H3,(H,44,48)(H,46,47)(H4,42,43,45)/t34?,35?,36-/m0/s1. The van der Waals surface area contributed by atoms with Gasteiger partial charge in [-0.05, 0) is 51.4 Å². The second-order valence-electron chi connectivity index (χ2n) is 14.4. The summed E-state index contributed by atoms with van der Waals surface area (Å²) in [6.45, 7) is 9.76. The van der Waals surface area contributed by atoms with Crippen molar-refractivity contribution in [1.82, 2.24) is 10.6 Å². The SMILES string of the molecule is CCCCCCCCC(CCCCCC)C(=O)OCCCC(=O)N[C@@H](CCN=C(N)N)C(=O)NCCCCOC(=O)C(CCCC)CCCCCC. The Morgan fingerprint density at radius 1 is 0.558 bits per heavy atom. The lowest BCUT2D eigenvalue weighted by molar-refractivity contribution is -0.150. The van der Waals surface area contributed by atoms with Gasteiger partial charge in [0, 0.05) is 19.5 Å². The number of rotatable bonds is 36. The number of aliphatic imine (C=N–C) groups is 1. The molecule has 0 saturated carbocycles. The van der Waals surface area contributed by atoms with Gasteiger partial charge < -0.3 is 31.6 Å². The van der Waals surface area contributed by atoms with Crippen LogP contribution in [0.1, 0.15) is 188 Å². The molecule has 52 heavy (non-hydrogen) atoms. The minimum absolute atomic E-state index is 0.0368. The predicted molar refractivity (Wildman–Crippen MR) is 213 cm³/mol. The number of carbonyl (C=O) groups excluding carboxylic acids is 4. The van der Waals surface area contributed by atoms with Crippen LogP contribution in [0.25, 0.3) is 0 Å². The van der Waals surface area contributed by atoms with Crippen molar-refractivity contribution in [3.8, 4) is 0 Å². The first-order chi connectivity index (χ1) is 25.2. The molecule has 3 atom stereocenters. The summed E-state index contributed by atoms with van der Waals surface area (Å²) in [6.07, 6.45) is 23.7. The zero-order valence-corrected chi connectivity index (χ0v) is 33.8. The first-order valence-electron chi connectivity index (χ1n) is 21.2. The molecule has 0 saturated heterocycles. The molecule has 11 heteroatoms. The first-order valence-corrected chi connectivity index (χ1v) is 21.2. The summed E-state index contributed by atoms with van der Waals surface area (Å²) in [7, 11) is 0. The zero-order chi connectivity index (χ0) is 38.7. The maximum Gasteiger partial charge on any atom is 0.308 e. The Morgan fingerprint density at radius 3 is 1.54 bits per heavy atom. The predicted octanol–water partition coefficient (Wildman–Crippen LogP) is 8.01. The molecule has 2 amide bonds. The smallest absolute Gasteiger partial charge is 0.308 e. The number of guanidine groups is 1. The molecule has 0 aliphatic rings. The summed E-state index contributed by atoms with van der Waals surface area (Å²) in [5, 5.41) is 5.68. The lowest BCUT2D eigenvalue weighted by atomic mass is 9.94. The van der Waals surface area contributed by atoms with Gasteiger partial charge in [0.25, 0.3) is 0 Å². The molecule has 0 aromatic rings. The Bertz CT molecular complexity index is 943. The highest BCUT2D eigenvalue weighted by Gasteiger charge is 2.22. The summed E-state index contributed by atoms with van der Waals surface area (Å²) in [4.78, 5) is 55.5. The molecule has 0 radical (unpaired) electrons. The Labute approximate surface area is 317 Å². The highest BCUT2D eigenvalue weighted by molar-refractivity contribution is 5.87. The fraction of sp³-hybridized carbons (Fsp3) is 0.878. The molecule has 6 N–H and O–H groups in total. The second-order valence-corrected chi connectivity index (χ2v) is 14.4. The number of ether oxygens (including phenoxy) is 2. The third-order valence-corrected chi connectivity index (χ3v) is 9.56. The van der Waals surface area contributed by atoms with Crippen molar-refractivity contribution in [3.05, 3.63) is 0 Å². The Kier molecular flexibility index (Phi) is 33.3.